The molecule has 0 amide bonds. The lowest BCUT2D eigenvalue weighted by molar-refractivity contribution is 0.121. The number of methoxy groups -OCH3 is 1. The predicted octanol–water partition coefficient (Wildman–Crippen LogP) is 2.48. The molecule has 2 aromatic rings. The summed E-state index contributed by atoms with van der Waals surface area (Å²) in [5.41, 5.74) is 8.41. The Balaban J connectivity index is 1.92. The fourth-order valence-electron chi connectivity index (χ4n) is 1.95. The molecule has 0 aliphatic rings. The van der Waals surface area contributed by atoms with Crippen molar-refractivity contribution in [1.82, 2.24) is 4.98 Å². The summed E-state index contributed by atoms with van der Waals surface area (Å²) < 4.78 is 11.0. The van der Waals surface area contributed by atoms with E-state index in [-0.39, 0.29) is 0 Å². The number of nitrogens with two attached hydrogens (primary N) is 1. The number of benzene rings is 1. The van der Waals surface area contributed by atoms with Crippen molar-refractivity contribution in [2.45, 2.75) is 13.0 Å². The van der Waals surface area contributed by atoms with Gasteiger partial charge in [0.25, 0.3) is 0 Å². The van der Waals surface area contributed by atoms with Crippen LogP contribution in [0.25, 0.3) is 0 Å². The van der Waals surface area contributed by atoms with E-state index in [0.29, 0.717) is 18.2 Å². The molecular weight excluding hydrogens is 284 g/mol. The quantitative estimate of drug-likeness (QED) is 0.629. The molecule has 0 fully saturated rings. The maximum absolute atomic E-state index is 5.70. The zero-order chi connectivity index (χ0) is 15.1. The summed E-state index contributed by atoms with van der Waals surface area (Å²) in [6, 6.07) is 11.5. The van der Waals surface area contributed by atoms with Crippen LogP contribution < -0.4 is 10.5 Å². The highest BCUT2D eigenvalue weighted by molar-refractivity contribution is 7.80. The first-order chi connectivity index (χ1) is 10.2. The number of rotatable bonds is 7. The van der Waals surface area contributed by atoms with Crippen LogP contribution in [0.1, 0.15) is 16.8 Å². The van der Waals surface area contributed by atoms with Crippen molar-refractivity contribution < 1.29 is 9.47 Å². The van der Waals surface area contributed by atoms with Gasteiger partial charge >= 0.3 is 0 Å². The summed E-state index contributed by atoms with van der Waals surface area (Å²) >= 11 is 4.99. The second kappa shape index (κ2) is 7.71. The van der Waals surface area contributed by atoms with Gasteiger partial charge < -0.3 is 15.2 Å². The number of pyridine rings is 1. The highest BCUT2D eigenvalue weighted by Gasteiger charge is 2.06. The van der Waals surface area contributed by atoms with Crippen LogP contribution in [-0.4, -0.2) is 23.7 Å². The van der Waals surface area contributed by atoms with Gasteiger partial charge in [0.1, 0.15) is 10.7 Å². The normalized spacial score (nSPS) is 10.3. The molecular formula is C16H18N2O2S. The third-order valence-electron chi connectivity index (χ3n) is 3.05. The second-order valence-corrected chi connectivity index (χ2v) is 4.95. The minimum absolute atomic E-state index is 0.368. The zero-order valence-electron chi connectivity index (χ0n) is 11.9. The molecule has 1 aromatic heterocycles. The number of hydrogen-bond acceptors (Lipinski definition) is 4. The van der Waals surface area contributed by atoms with Crippen LogP contribution in [-0.2, 0) is 17.8 Å². The molecule has 1 aromatic carbocycles. The summed E-state index contributed by atoms with van der Waals surface area (Å²) in [5.74, 6) is 0.771. The molecule has 0 aliphatic heterocycles. The van der Waals surface area contributed by atoms with Crippen LogP contribution in [0.3, 0.4) is 0 Å². The van der Waals surface area contributed by atoms with Crippen LogP contribution in [0.4, 0.5) is 0 Å². The van der Waals surface area contributed by atoms with Crippen molar-refractivity contribution in [2.24, 2.45) is 5.73 Å². The molecule has 0 bridgehead atoms. The molecule has 110 valence electrons. The topological polar surface area (TPSA) is 57.4 Å². The van der Waals surface area contributed by atoms with E-state index < -0.39 is 0 Å². The molecule has 4 nitrogen and oxygen atoms in total. The average molecular weight is 302 g/mol. The Bertz CT molecular complexity index is 602. The summed E-state index contributed by atoms with van der Waals surface area (Å²) in [5, 5.41) is 0. The fourth-order valence-corrected chi connectivity index (χ4v) is 2.08. The zero-order valence-corrected chi connectivity index (χ0v) is 12.7. The molecule has 0 radical (unpaired) electrons. The highest BCUT2D eigenvalue weighted by atomic mass is 32.1. The van der Waals surface area contributed by atoms with Crippen molar-refractivity contribution >= 4 is 17.2 Å². The van der Waals surface area contributed by atoms with Crippen molar-refractivity contribution in [3.8, 4) is 5.75 Å². The first-order valence-corrected chi connectivity index (χ1v) is 7.06. The van der Waals surface area contributed by atoms with Gasteiger partial charge in [-0.25, -0.2) is 0 Å². The van der Waals surface area contributed by atoms with E-state index in [0.717, 1.165) is 29.0 Å². The lowest BCUT2D eigenvalue weighted by atomic mass is 10.1. The lowest BCUT2D eigenvalue weighted by Gasteiger charge is -2.11. The van der Waals surface area contributed by atoms with Crippen LogP contribution in [0.2, 0.25) is 0 Å². The number of thiocarbonyl (C=S) groups is 1. The first-order valence-electron chi connectivity index (χ1n) is 6.65. The SMILES string of the molecule is COc1ccc(C(N)=S)cc1COCCc1ccccn1. The second-order valence-electron chi connectivity index (χ2n) is 4.51. The number of nitrogens with zero attached hydrogens (tertiary/aromatic N) is 1. The smallest absolute Gasteiger partial charge is 0.124 e. The predicted molar refractivity (Wildman–Crippen MR) is 86.5 cm³/mol. The Morgan fingerprint density at radius 3 is 2.81 bits per heavy atom. The Hall–Kier alpha value is -1.98. The third kappa shape index (κ3) is 4.51. The summed E-state index contributed by atoms with van der Waals surface area (Å²) in [7, 11) is 1.63. The minimum atomic E-state index is 0.368. The van der Waals surface area contributed by atoms with Crippen molar-refractivity contribution in [3.63, 3.8) is 0 Å². The Kier molecular flexibility index (Phi) is 5.66. The molecule has 0 saturated carbocycles. The van der Waals surface area contributed by atoms with Crippen LogP contribution in [0.5, 0.6) is 5.75 Å². The average Bonchev–Trinajstić information content (AvgIpc) is 2.52. The van der Waals surface area contributed by atoms with Crippen molar-refractivity contribution in [1.29, 1.82) is 0 Å². The van der Waals surface area contributed by atoms with Gasteiger partial charge in [0, 0.05) is 29.4 Å². The van der Waals surface area contributed by atoms with E-state index in [1.807, 2.05) is 36.4 Å². The van der Waals surface area contributed by atoms with E-state index in [1.54, 1.807) is 13.3 Å². The van der Waals surface area contributed by atoms with Gasteiger partial charge in [0.05, 0.1) is 20.3 Å². The first kappa shape index (κ1) is 15.4. The molecule has 0 unspecified atom stereocenters. The summed E-state index contributed by atoms with van der Waals surface area (Å²) in [4.78, 5) is 4.62. The maximum Gasteiger partial charge on any atom is 0.124 e. The van der Waals surface area contributed by atoms with Crippen LogP contribution in [0, 0.1) is 0 Å². The number of hydrogen-bond donors (Lipinski definition) is 1. The van der Waals surface area contributed by atoms with E-state index in [4.69, 9.17) is 27.4 Å². The Morgan fingerprint density at radius 1 is 1.29 bits per heavy atom. The van der Waals surface area contributed by atoms with Crippen LogP contribution in [0.15, 0.2) is 42.6 Å². The maximum atomic E-state index is 5.70. The molecule has 0 aliphatic carbocycles. The highest BCUT2D eigenvalue weighted by Crippen LogP contribution is 2.21. The van der Waals surface area contributed by atoms with Crippen LogP contribution >= 0.6 is 12.2 Å². The number of aromatic nitrogens is 1. The van der Waals surface area contributed by atoms with Gasteiger partial charge in [-0.2, -0.15) is 0 Å². The van der Waals surface area contributed by atoms with Crippen molar-refractivity contribution in [3.05, 3.63) is 59.4 Å². The molecule has 2 N–H and O–H groups in total. The molecule has 21 heavy (non-hydrogen) atoms. The standard InChI is InChI=1S/C16H18N2O2S/c1-19-15-6-5-12(16(17)21)10-13(15)11-20-9-7-14-4-2-3-8-18-14/h2-6,8,10H,7,9,11H2,1H3,(H2,17,21). The van der Waals surface area contributed by atoms with E-state index in [2.05, 4.69) is 4.98 Å². The number of ether oxygens (including phenoxy) is 2. The molecule has 0 spiro atoms. The molecule has 2 rings (SSSR count). The molecule has 0 saturated heterocycles. The summed E-state index contributed by atoms with van der Waals surface area (Å²) in [6.45, 7) is 1.05. The Morgan fingerprint density at radius 2 is 2.14 bits per heavy atom. The van der Waals surface area contributed by atoms with Gasteiger partial charge in [-0.15, -0.1) is 0 Å². The molecule has 0 atom stereocenters. The van der Waals surface area contributed by atoms with Gasteiger partial charge in [0.15, 0.2) is 0 Å². The van der Waals surface area contributed by atoms with E-state index >= 15 is 0 Å². The van der Waals surface area contributed by atoms with Gasteiger partial charge in [0.2, 0.25) is 0 Å². The lowest BCUT2D eigenvalue weighted by Crippen LogP contribution is -2.10. The Labute approximate surface area is 129 Å². The van der Waals surface area contributed by atoms with Gasteiger partial charge in [-0.1, -0.05) is 18.3 Å². The molecule has 1 heterocycles. The minimum Gasteiger partial charge on any atom is -0.496 e. The largest absolute Gasteiger partial charge is 0.496 e. The van der Waals surface area contributed by atoms with Crippen molar-refractivity contribution in [2.75, 3.05) is 13.7 Å². The molecule has 5 heteroatoms. The monoisotopic (exact) mass is 302 g/mol. The fraction of sp³-hybridized carbons (Fsp3) is 0.250. The van der Waals surface area contributed by atoms with E-state index in [9.17, 15) is 0 Å². The summed E-state index contributed by atoms with van der Waals surface area (Å²) in [6.07, 6.45) is 2.56. The van der Waals surface area contributed by atoms with Gasteiger partial charge in [-0.3, -0.25) is 4.98 Å². The van der Waals surface area contributed by atoms with Gasteiger partial charge in [-0.05, 0) is 30.3 Å². The third-order valence-corrected chi connectivity index (χ3v) is 3.29. The van der Waals surface area contributed by atoms with E-state index in [1.165, 1.54) is 0 Å².